The number of nitrogens with zero attached hydrogens (tertiary/aromatic N) is 3. The molecule has 0 saturated carbocycles. The van der Waals surface area contributed by atoms with E-state index in [0.29, 0.717) is 27.6 Å². The summed E-state index contributed by atoms with van der Waals surface area (Å²) in [4.78, 5) is 16.7. The third kappa shape index (κ3) is 6.16. The highest BCUT2D eigenvalue weighted by Gasteiger charge is 2.41. The second-order valence-corrected chi connectivity index (χ2v) is 9.80. The summed E-state index contributed by atoms with van der Waals surface area (Å²) in [6, 6.07) is 25.5. The molecule has 0 saturated heterocycles. The number of alkyl halides is 3. The molecule has 2 heterocycles. The maximum atomic E-state index is 14.1. The van der Waals surface area contributed by atoms with Gasteiger partial charge in [0.1, 0.15) is 17.9 Å². The summed E-state index contributed by atoms with van der Waals surface area (Å²) >= 11 is 6.35. The smallest absolute Gasteiger partial charge is 0.434 e. The highest BCUT2D eigenvalue weighted by molar-refractivity contribution is 6.31. The second-order valence-electron chi connectivity index (χ2n) is 9.36. The summed E-state index contributed by atoms with van der Waals surface area (Å²) in [6.45, 7) is 3.80. The Balaban J connectivity index is 1.52. The Morgan fingerprint density at radius 1 is 0.952 bits per heavy atom. The number of aromatic nitrogens is 3. The molecular weight excluding hydrogens is 567 g/mol. The fourth-order valence-electron chi connectivity index (χ4n) is 4.54. The summed E-state index contributed by atoms with van der Waals surface area (Å²) in [7, 11) is 0. The van der Waals surface area contributed by atoms with Crippen molar-refractivity contribution in [3.8, 4) is 34.0 Å². The van der Waals surface area contributed by atoms with Gasteiger partial charge in [0.05, 0.1) is 18.5 Å². The quantitative estimate of drug-likeness (QED) is 0.170. The minimum absolute atomic E-state index is 0.0772. The number of carbonyl (C=O) groups is 1. The number of rotatable bonds is 8. The van der Waals surface area contributed by atoms with Gasteiger partial charge < -0.3 is 9.47 Å². The number of hydrogen-bond acceptors (Lipinski definition) is 5. The molecule has 2 aromatic heterocycles. The maximum absolute atomic E-state index is 14.1. The van der Waals surface area contributed by atoms with Crippen molar-refractivity contribution in [1.29, 1.82) is 0 Å². The van der Waals surface area contributed by atoms with Gasteiger partial charge in [-0.3, -0.25) is 0 Å². The molecule has 0 radical (unpaired) electrons. The maximum Gasteiger partial charge on any atom is 0.434 e. The van der Waals surface area contributed by atoms with E-state index in [0.717, 1.165) is 34.2 Å². The molecule has 0 spiro atoms. The average Bonchev–Trinajstić information content (AvgIpc) is 3.44. The van der Waals surface area contributed by atoms with E-state index in [-0.39, 0.29) is 12.4 Å². The Labute approximate surface area is 245 Å². The molecule has 0 atom stereocenters. The van der Waals surface area contributed by atoms with Crippen LogP contribution >= 0.6 is 11.6 Å². The molecule has 5 rings (SSSR count). The van der Waals surface area contributed by atoms with Crippen molar-refractivity contribution in [2.45, 2.75) is 26.6 Å². The zero-order chi connectivity index (χ0) is 29.9. The van der Waals surface area contributed by atoms with E-state index in [9.17, 15) is 18.0 Å². The van der Waals surface area contributed by atoms with Gasteiger partial charge >= 0.3 is 12.1 Å². The lowest BCUT2D eigenvalue weighted by Crippen LogP contribution is -2.19. The predicted octanol–water partition coefficient (Wildman–Crippen LogP) is 8.34. The minimum Gasteiger partial charge on any atom is -0.489 e. The van der Waals surface area contributed by atoms with Gasteiger partial charge in [-0.25, -0.2) is 14.5 Å². The molecule has 0 amide bonds. The first-order chi connectivity index (χ1) is 20.2. The lowest BCUT2D eigenvalue weighted by atomic mass is 9.96. The summed E-state index contributed by atoms with van der Waals surface area (Å²) in [5.41, 5.74) is 2.59. The molecule has 3 aromatic carbocycles. The van der Waals surface area contributed by atoms with Crippen molar-refractivity contribution in [3.05, 3.63) is 119 Å². The van der Waals surface area contributed by atoms with Crippen molar-refractivity contribution in [1.82, 2.24) is 14.8 Å². The molecular formula is C32H25ClF3N3O3. The molecule has 10 heteroatoms. The summed E-state index contributed by atoms with van der Waals surface area (Å²) < 4.78 is 53.7. The molecule has 0 aliphatic carbocycles. The number of ether oxygens (including phenoxy) is 2. The number of esters is 1. The van der Waals surface area contributed by atoms with Crippen LogP contribution in [0.5, 0.6) is 5.75 Å². The van der Waals surface area contributed by atoms with Crippen LogP contribution in [-0.4, -0.2) is 27.3 Å². The Kier molecular flexibility index (Phi) is 8.31. The Morgan fingerprint density at radius 3 is 2.45 bits per heavy atom. The molecule has 0 aliphatic rings. The first-order valence-electron chi connectivity index (χ1n) is 13.0. The van der Waals surface area contributed by atoms with Crippen LogP contribution < -0.4 is 4.74 Å². The number of hydrogen-bond donors (Lipinski definition) is 0. The fraction of sp³-hybridized carbons (Fsp3) is 0.156. The van der Waals surface area contributed by atoms with Gasteiger partial charge in [0, 0.05) is 10.6 Å². The number of aryl methyl sites for hydroxylation is 1. The van der Waals surface area contributed by atoms with Crippen LogP contribution in [0.4, 0.5) is 13.2 Å². The molecule has 6 nitrogen and oxygen atoms in total. The van der Waals surface area contributed by atoms with Crippen molar-refractivity contribution in [3.63, 3.8) is 0 Å². The zero-order valence-electron chi connectivity index (χ0n) is 22.7. The largest absolute Gasteiger partial charge is 0.489 e. The van der Waals surface area contributed by atoms with Crippen molar-refractivity contribution in [2.24, 2.45) is 0 Å². The predicted molar refractivity (Wildman–Crippen MR) is 154 cm³/mol. The molecule has 0 N–H and O–H groups in total. The summed E-state index contributed by atoms with van der Waals surface area (Å²) in [5, 5.41) is 4.27. The Hall–Kier alpha value is -4.63. The van der Waals surface area contributed by atoms with Crippen molar-refractivity contribution < 1.29 is 27.4 Å². The molecule has 0 aliphatic heterocycles. The summed E-state index contributed by atoms with van der Waals surface area (Å²) in [6.07, 6.45) is -4.05. The zero-order valence-corrected chi connectivity index (χ0v) is 23.4. The van der Waals surface area contributed by atoms with Crippen LogP contribution in [0.25, 0.3) is 28.2 Å². The van der Waals surface area contributed by atoms with Crippen LogP contribution in [0.2, 0.25) is 5.02 Å². The first kappa shape index (κ1) is 28.9. The topological polar surface area (TPSA) is 66.2 Å². The average molecular weight is 592 g/mol. The van der Waals surface area contributed by atoms with Crippen LogP contribution in [0.15, 0.2) is 91.1 Å². The second kappa shape index (κ2) is 12.1. The van der Waals surface area contributed by atoms with Crippen LogP contribution in [-0.2, 0) is 17.5 Å². The fourth-order valence-corrected chi connectivity index (χ4v) is 4.71. The molecule has 42 heavy (non-hydrogen) atoms. The monoisotopic (exact) mass is 591 g/mol. The van der Waals surface area contributed by atoms with E-state index in [1.165, 1.54) is 13.0 Å². The highest BCUT2D eigenvalue weighted by Crippen LogP contribution is 2.37. The molecule has 0 fully saturated rings. The Bertz CT molecular complexity index is 1740. The molecule has 0 unspecified atom stereocenters. The van der Waals surface area contributed by atoms with Gasteiger partial charge in [-0.15, -0.1) is 0 Å². The van der Waals surface area contributed by atoms with Gasteiger partial charge in [0.2, 0.25) is 0 Å². The van der Waals surface area contributed by atoms with Gasteiger partial charge in [0.25, 0.3) is 0 Å². The van der Waals surface area contributed by atoms with Crippen molar-refractivity contribution in [2.75, 3.05) is 6.61 Å². The van der Waals surface area contributed by atoms with Crippen LogP contribution in [0, 0.1) is 6.92 Å². The third-order valence-electron chi connectivity index (χ3n) is 6.47. The van der Waals surface area contributed by atoms with E-state index < -0.39 is 23.4 Å². The van der Waals surface area contributed by atoms with Gasteiger partial charge in [-0.1, -0.05) is 60.1 Å². The number of benzene rings is 3. The third-order valence-corrected chi connectivity index (χ3v) is 6.70. The standard InChI is InChI=1S/C32H25ClF3N3O3/c1-3-41-31(40)26-18-37-39(30(26)32(34,35)36)29-11-7-10-27(38-29)25-17-23(33)13-14-24(25)22-12-15-28(20(2)16-22)42-19-21-8-5-4-6-9-21/h4-18H,3,19H2,1-2H3. The van der Waals surface area contributed by atoms with Gasteiger partial charge in [0.15, 0.2) is 11.5 Å². The van der Waals surface area contributed by atoms with Gasteiger partial charge in [-0.05, 0) is 72.5 Å². The highest BCUT2D eigenvalue weighted by atomic mass is 35.5. The first-order valence-corrected chi connectivity index (χ1v) is 13.4. The van der Waals surface area contributed by atoms with E-state index in [2.05, 4.69) is 10.1 Å². The SMILES string of the molecule is CCOC(=O)c1cnn(-c2cccc(-c3cc(Cl)ccc3-c3ccc(OCc4ccccc4)c(C)c3)n2)c1C(F)(F)F. The lowest BCUT2D eigenvalue weighted by molar-refractivity contribution is -0.143. The van der Waals surface area contributed by atoms with E-state index in [4.69, 9.17) is 21.1 Å². The normalized spacial score (nSPS) is 11.4. The van der Waals surface area contributed by atoms with E-state index in [1.807, 2.05) is 61.5 Å². The van der Waals surface area contributed by atoms with E-state index in [1.54, 1.807) is 24.3 Å². The molecule has 214 valence electrons. The van der Waals surface area contributed by atoms with Crippen molar-refractivity contribution >= 4 is 17.6 Å². The lowest BCUT2D eigenvalue weighted by Gasteiger charge is -2.15. The van der Waals surface area contributed by atoms with Gasteiger partial charge in [-0.2, -0.15) is 18.3 Å². The van der Waals surface area contributed by atoms with Crippen LogP contribution in [0.3, 0.4) is 0 Å². The number of carbonyl (C=O) groups excluding carboxylic acids is 1. The van der Waals surface area contributed by atoms with E-state index >= 15 is 0 Å². The van der Waals surface area contributed by atoms with Crippen LogP contribution in [0.1, 0.15) is 34.1 Å². The molecule has 0 bridgehead atoms. The number of halogens is 4. The number of pyridine rings is 1. The summed E-state index contributed by atoms with van der Waals surface area (Å²) in [5.74, 6) is -0.507. The Morgan fingerprint density at radius 2 is 1.74 bits per heavy atom. The molecule has 5 aromatic rings. The minimum atomic E-state index is -4.89.